The predicted molar refractivity (Wildman–Crippen MR) is 50.6 cm³/mol. The molecule has 0 aromatic heterocycles. The minimum Gasteiger partial charge on any atom is -0.328 e. The van der Waals surface area contributed by atoms with Crippen LogP contribution in [0.5, 0.6) is 0 Å². The summed E-state index contributed by atoms with van der Waals surface area (Å²) in [6, 6.07) is 0.303. The molecule has 0 spiro atoms. The summed E-state index contributed by atoms with van der Waals surface area (Å²) in [5.41, 5.74) is 5.81. The first-order valence-electron chi connectivity index (χ1n) is 4.67. The Balaban J connectivity index is 2.06. The molecule has 2 N–H and O–H groups in total. The van der Waals surface area contributed by atoms with E-state index in [-0.39, 0.29) is 0 Å². The Morgan fingerprint density at radius 1 is 1.23 bits per heavy atom. The van der Waals surface area contributed by atoms with Gasteiger partial charge in [0.25, 0.3) is 0 Å². The lowest BCUT2D eigenvalue weighted by molar-refractivity contribution is 0.440. The fourth-order valence-electron chi connectivity index (χ4n) is 2.57. The van der Waals surface area contributed by atoms with Crippen molar-refractivity contribution in [2.75, 3.05) is 19.3 Å². The molecular weight excluding hydrogens is 188 g/mol. The minimum atomic E-state index is -2.97. The molecule has 1 aliphatic heterocycles. The highest BCUT2D eigenvalue weighted by atomic mass is 32.2. The number of nitrogens with two attached hydrogens (primary N) is 1. The zero-order valence-electron chi connectivity index (χ0n) is 7.81. The lowest BCUT2D eigenvalue weighted by atomic mass is 10.0. The van der Waals surface area contributed by atoms with Crippen LogP contribution in [0, 0.1) is 11.8 Å². The third kappa shape index (κ3) is 1.73. The standard InChI is InChI=1S/C8H16N2O2S/c1-13(11,12)10-4-6-2-8(9)3-7(6)5-10/h6-8H,2-5,9H2,1H3/t6-,7+,8?. The molecule has 0 bridgehead atoms. The molecule has 76 valence electrons. The first-order chi connectivity index (χ1) is 5.97. The third-order valence-corrected chi connectivity index (χ3v) is 4.46. The normalized spacial score (nSPS) is 40.9. The van der Waals surface area contributed by atoms with Gasteiger partial charge in [0.15, 0.2) is 0 Å². The molecule has 0 aromatic rings. The van der Waals surface area contributed by atoms with Gasteiger partial charge < -0.3 is 5.73 Å². The maximum absolute atomic E-state index is 11.2. The van der Waals surface area contributed by atoms with Crippen LogP contribution in [0.1, 0.15) is 12.8 Å². The first kappa shape index (κ1) is 9.43. The van der Waals surface area contributed by atoms with Gasteiger partial charge in [-0.25, -0.2) is 12.7 Å². The van der Waals surface area contributed by atoms with Crippen molar-refractivity contribution in [3.05, 3.63) is 0 Å². The molecule has 0 radical (unpaired) electrons. The fraction of sp³-hybridized carbons (Fsp3) is 1.00. The highest BCUT2D eigenvalue weighted by Crippen LogP contribution is 2.37. The van der Waals surface area contributed by atoms with Gasteiger partial charge in [-0.3, -0.25) is 0 Å². The Hall–Kier alpha value is -0.130. The van der Waals surface area contributed by atoms with E-state index in [0.29, 0.717) is 31.0 Å². The van der Waals surface area contributed by atoms with Crippen LogP contribution in [-0.2, 0) is 10.0 Å². The molecule has 1 saturated carbocycles. The summed E-state index contributed by atoms with van der Waals surface area (Å²) in [7, 11) is -2.97. The number of hydrogen-bond acceptors (Lipinski definition) is 3. The van der Waals surface area contributed by atoms with E-state index in [1.54, 1.807) is 4.31 Å². The second kappa shape index (κ2) is 2.93. The Kier molecular flexibility index (Phi) is 2.13. The highest BCUT2D eigenvalue weighted by molar-refractivity contribution is 7.88. The van der Waals surface area contributed by atoms with E-state index >= 15 is 0 Å². The lowest BCUT2D eigenvalue weighted by Gasteiger charge is -2.14. The van der Waals surface area contributed by atoms with Crippen LogP contribution in [0.3, 0.4) is 0 Å². The average molecular weight is 204 g/mol. The van der Waals surface area contributed by atoms with Crippen LogP contribution in [0.4, 0.5) is 0 Å². The average Bonchev–Trinajstić information content (AvgIpc) is 2.40. The summed E-state index contributed by atoms with van der Waals surface area (Å²) in [6.45, 7) is 1.38. The molecule has 2 rings (SSSR count). The topological polar surface area (TPSA) is 63.4 Å². The largest absolute Gasteiger partial charge is 0.328 e. The monoisotopic (exact) mass is 204 g/mol. The van der Waals surface area contributed by atoms with E-state index in [1.807, 2.05) is 0 Å². The predicted octanol–water partition coefficient (Wildman–Crippen LogP) is -0.385. The van der Waals surface area contributed by atoms with Crippen LogP contribution in [0.25, 0.3) is 0 Å². The molecule has 13 heavy (non-hydrogen) atoms. The van der Waals surface area contributed by atoms with Crippen molar-refractivity contribution >= 4 is 10.0 Å². The van der Waals surface area contributed by atoms with E-state index in [4.69, 9.17) is 5.73 Å². The number of rotatable bonds is 1. The lowest BCUT2D eigenvalue weighted by Crippen LogP contribution is -2.30. The van der Waals surface area contributed by atoms with Crippen molar-refractivity contribution in [2.45, 2.75) is 18.9 Å². The molecule has 5 heteroatoms. The van der Waals surface area contributed by atoms with Gasteiger partial charge in [0, 0.05) is 19.1 Å². The molecular formula is C8H16N2O2S. The highest BCUT2D eigenvalue weighted by Gasteiger charge is 2.42. The van der Waals surface area contributed by atoms with Gasteiger partial charge in [-0.05, 0) is 24.7 Å². The smallest absolute Gasteiger partial charge is 0.211 e. The number of hydrogen-bond donors (Lipinski definition) is 1. The number of fused-ring (bicyclic) bond motifs is 1. The van der Waals surface area contributed by atoms with E-state index in [1.165, 1.54) is 6.26 Å². The zero-order valence-corrected chi connectivity index (χ0v) is 8.63. The molecule has 0 aromatic carbocycles. The summed E-state index contributed by atoms with van der Waals surface area (Å²) in [5, 5.41) is 0. The van der Waals surface area contributed by atoms with Gasteiger partial charge in [-0.1, -0.05) is 0 Å². The maximum atomic E-state index is 11.2. The molecule has 1 heterocycles. The van der Waals surface area contributed by atoms with Crippen LogP contribution in [0.15, 0.2) is 0 Å². The van der Waals surface area contributed by atoms with Crippen LogP contribution >= 0.6 is 0 Å². The fourth-order valence-corrected chi connectivity index (χ4v) is 3.50. The van der Waals surface area contributed by atoms with E-state index in [9.17, 15) is 8.42 Å². The van der Waals surface area contributed by atoms with Crippen molar-refractivity contribution in [2.24, 2.45) is 17.6 Å². The zero-order chi connectivity index (χ0) is 9.64. The maximum Gasteiger partial charge on any atom is 0.211 e. The van der Waals surface area contributed by atoms with Crippen molar-refractivity contribution in [3.63, 3.8) is 0 Å². The van der Waals surface area contributed by atoms with Crippen molar-refractivity contribution in [3.8, 4) is 0 Å². The Labute approximate surface area is 79.1 Å². The molecule has 4 nitrogen and oxygen atoms in total. The molecule has 1 saturated heterocycles. The van der Waals surface area contributed by atoms with Gasteiger partial charge in [-0.15, -0.1) is 0 Å². The van der Waals surface area contributed by atoms with Gasteiger partial charge in [0.2, 0.25) is 10.0 Å². The molecule has 2 fully saturated rings. The van der Waals surface area contributed by atoms with Gasteiger partial charge >= 0.3 is 0 Å². The molecule has 0 amide bonds. The van der Waals surface area contributed by atoms with Gasteiger partial charge in [-0.2, -0.15) is 0 Å². The van der Waals surface area contributed by atoms with Crippen LogP contribution in [-0.4, -0.2) is 38.1 Å². The van der Waals surface area contributed by atoms with Gasteiger partial charge in [0.1, 0.15) is 0 Å². The minimum absolute atomic E-state index is 0.303. The SMILES string of the molecule is CS(=O)(=O)N1C[C@H]2CC(N)C[C@H]2C1. The third-order valence-electron chi connectivity index (χ3n) is 3.22. The van der Waals surface area contributed by atoms with E-state index in [0.717, 1.165) is 12.8 Å². The molecule has 2 aliphatic rings. The number of sulfonamides is 1. The summed E-state index contributed by atoms with van der Waals surface area (Å²) in [6.07, 6.45) is 3.28. The molecule has 1 unspecified atom stereocenters. The molecule has 3 atom stereocenters. The first-order valence-corrected chi connectivity index (χ1v) is 6.52. The van der Waals surface area contributed by atoms with E-state index in [2.05, 4.69) is 0 Å². The summed E-state index contributed by atoms with van der Waals surface area (Å²) < 4.78 is 24.1. The molecule has 1 aliphatic carbocycles. The Bertz CT molecular complexity index is 287. The quantitative estimate of drug-likeness (QED) is 0.633. The Morgan fingerprint density at radius 3 is 2.08 bits per heavy atom. The second-order valence-electron chi connectivity index (χ2n) is 4.33. The van der Waals surface area contributed by atoms with Crippen LogP contribution < -0.4 is 5.73 Å². The van der Waals surface area contributed by atoms with Gasteiger partial charge in [0.05, 0.1) is 6.26 Å². The summed E-state index contributed by atoms with van der Waals surface area (Å²) in [5.74, 6) is 1.04. The van der Waals surface area contributed by atoms with Crippen molar-refractivity contribution in [1.29, 1.82) is 0 Å². The van der Waals surface area contributed by atoms with E-state index < -0.39 is 10.0 Å². The summed E-state index contributed by atoms with van der Waals surface area (Å²) >= 11 is 0. The van der Waals surface area contributed by atoms with Crippen molar-refractivity contribution < 1.29 is 8.42 Å². The van der Waals surface area contributed by atoms with Crippen LogP contribution in [0.2, 0.25) is 0 Å². The second-order valence-corrected chi connectivity index (χ2v) is 6.31. The Morgan fingerprint density at radius 2 is 1.69 bits per heavy atom. The number of nitrogens with zero attached hydrogens (tertiary/aromatic N) is 1. The van der Waals surface area contributed by atoms with Crippen molar-refractivity contribution in [1.82, 2.24) is 4.31 Å². The summed E-state index contributed by atoms with van der Waals surface area (Å²) in [4.78, 5) is 0.